The lowest BCUT2D eigenvalue weighted by Gasteiger charge is -2.40. The number of rotatable bonds is 3. The number of carbonyl (C=O) groups excluding carboxylic acids is 1. The molecule has 0 spiro atoms. The molecule has 1 atom stereocenters. The van der Waals surface area contributed by atoms with Crippen LogP contribution < -0.4 is 10.2 Å². The predicted octanol–water partition coefficient (Wildman–Crippen LogP) is 2.91. The van der Waals surface area contributed by atoms with Gasteiger partial charge in [-0.15, -0.1) is 0 Å². The topological polar surface area (TPSA) is 58.1 Å². The minimum atomic E-state index is -2.84. The highest BCUT2D eigenvalue weighted by atomic mass is 35.5. The fourth-order valence-electron chi connectivity index (χ4n) is 2.78. The molecule has 2 fully saturated rings. The summed E-state index contributed by atoms with van der Waals surface area (Å²) in [5, 5.41) is 3.29. The Hall–Kier alpha value is -1.21. The van der Waals surface area contributed by atoms with E-state index < -0.39 is 23.3 Å². The number of nitrogens with one attached hydrogen (secondary N) is 1. The molecular formula is C14H16Cl2F2N4O. The van der Waals surface area contributed by atoms with Gasteiger partial charge >= 0.3 is 0 Å². The summed E-state index contributed by atoms with van der Waals surface area (Å²) < 4.78 is 26.0. The molecule has 23 heavy (non-hydrogen) atoms. The number of aromatic nitrogens is 2. The van der Waals surface area contributed by atoms with E-state index in [1.807, 2.05) is 11.8 Å². The van der Waals surface area contributed by atoms with Crippen molar-refractivity contribution in [1.82, 2.24) is 15.3 Å². The van der Waals surface area contributed by atoms with Crippen molar-refractivity contribution in [3.05, 3.63) is 16.5 Å². The molecule has 3 rings (SSSR count). The van der Waals surface area contributed by atoms with Crippen molar-refractivity contribution in [2.75, 3.05) is 18.0 Å². The third kappa shape index (κ3) is 3.50. The highest BCUT2D eigenvalue weighted by Crippen LogP contribution is 2.49. The molecule has 9 heteroatoms. The van der Waals surface area contributed by atoms with Gasteiger partial charge in [-0.05, 0) is 31.4 Å². The lowest BCUT2D eigenvalue weighted by atomic mass is 9.89. The summed E-state index contributed by atoms with van der Waals surface area (Å²) in [7, 11) is 0. The molecule has 0 unspecified atom stereocenters. The first-order chi connectivity index (χ1) is 10.7. The molecule has 2 heterocycles. The standard InChI is InChI=1S/C14H16Cl2F2N4O/c1-13(21-11(23)8-6-14(8,17)18)2-4-22(5-3-13)10-9(15)7-19-12(16)20-10/h7-8H,2-6H2,1H3,(H,21,23)/t8-/m0/s1. The summed E-state index contributed by atoms with van der Waals surface area (Å²) in [6, 6.07) is 0. The van der Waals surface area contributed by atoms with Crippen molar-refractivity contribution in [1.29, 1.82) is 0 Å². The Balaban J connectivity index is 1.61. The number of carbonyl (C=O) groups is 1. The smallest absolute Gasteiger partial charge is 0.260 e. The van der Waals surface area contributed by atoms with Crippen LogP contribution in [0, 0.1) is 5.92 Å². The molecule has 0 bridgehead atoms. The number of piperidine rings is 1. The second-order valence-electron chi connectivity index (χ2n) is 6.37. The van der Waals surface area contributed by atoms with Crippen LogP contribution in [0.2, 0.25) is 10.3 Å². The molecular weight excluding hydrogens is 349 g/mol. The lowest BCUT2D eigenvalue weighted by molar-refractivity contribution is -0.126. The lowest BCUT2D eigenvalue weighted by Crippen LogP contribution is -2.54. The van der Waals surface area contributed by atoms with Crippen molar-refractivity contribution in [2.24, 2.45) is 5.92 Å². The fraction of sp³-hybridized carbons (Fsp3) is 0.643. The summed E-state index contributed by atoms with van der Waals surface area (Å²) >= 11 is 11.9. The summed E-state index contributed by atoms with van der Waals surface area (Å²) in [4.78, 5) is 21.8. The zero-order valence-corrected chi connectivity index (χ0v) is 14.0. The molecule has 0 aromatic carbocycles. The zero-order chi connectivity index (χ0) is 16.8. The van der Waals surface area contributed by atoms with Gasteiger partial charge in [-0.1, -0.05) is 11.6 Å². The number of nitrogens with zero attached hydrogens (tertiary/aromatic N) is 3. The monoisotopic (exact) mass is 364 g/mol. The van der Waals surface area contributed by atoms with E-state index in [1.165, 1.54) is 6.20 Å². The van der Waals surface area contributed by atoms with Crippen LogP contribution in [0.5, 0.6) is 0 Å². The van der Waals surface area contributed by atoms with E-state index in [1.54, 1.807) is 0 Å². The van der Waals surface area contributed by atoms with Gasteiger partial charge < -0.3 is 10.2 Å². The van der Waals surface area contributed by atoms with Gasteiger partial charge in [0.1, 0.15) is 10.9 Å². The Labute approximate surface area is 142 Å². The molecule has 1 aromatic heterocycles. The van der Waals surface area contributed by atoms with Crippen molar-refractivity contribution in [3.8, 4) is 0 Å². The van der Waals surface area contributed by atoms with Crippen LogP contribution in [0.4, 0.5) is 14.6 Å². The first-order valence-corrected chi connectivity index (χ1v) is 8.09. The van der Waals surface area contributed by atoms with E-state index in [9.17, 15) is 13.6 Å². The predicted molar refractivity (Wildman–Crippen MR) is 83.1 cm³/mol. The second kappa shape index (κ2) is 5.70. The van der Waals surface area contributed by atoms with Gasteiger partial charge in [-0.25, -0.2) is 13.8 Å². The van der Waals surface area contributed by atoms with Crippen LogP contribution in [0.15, 0.2) is 6.20 Å². The van der Waals surface area contributed by atoms with Crippen LogP contribution in [0.3, 0.4) is 0 Å². The first kappa shape index (κ1) is 16.6. The largest absolute Gasteiger partial charge is 0.355 e. The molecule has 1 aliphatic carbocycles. The minimum absolute atomic E-state index is 0.113. The molecule has 1 aromatic rings. The third-order valence-corrected chi connectivity index (χ3v) is 4.88. The first-order valence-electron chi connectivity index (χ1n) is 7.33. The Morgan fingerprint density at radius 2 is 2.00 bits per heavy atom. The minimum Gasteiger partial charge on any atom is -0.355 e. The van der Waals surface area contributed by atoms with Crippen LogP contribution in [0.25, 0.3) is 0 Å². The van der Waals surface area contributed by atoms with Crippen LogP contribution in [-0.4, -0.2) is 40.4 Å². The van der Waals surface area contributed by atoms with E-state index in [4.69, 9.17) is 23.2 Å². The molecule has 126 valence electrons. The fourth-order valence-corrected chi connectivity index (χ4v) is 3.12. The highest BCUT2D eigenvalue weighted by Gasteiger charge is 2.61. The van der Waals surface area contributed by atoms with Gasteiger partial charge in [-0.3, -0.25) is 4.79 Å². The van der Waals surface area contributed by atoms with E-state index in [0.717, 1.165) is 0 Å². The Kier molecular flexibility index (Phi) is 4.13. The normalized spacial score (nSPS) is 25.1. The van der Waals surface area contributed by atoms with E-state index in [2.05, 4.69) is 15.3 Å². The summed E-state index contributed by atoms with van der Waals surface area (Å²) in [6.45, 7) is 3.05. The van der Waals surface area contributed by atoms with Gasteiger partial charge in [-0.2, -0.15) is 4.98 Å². The van der Waals surface area contributed by atoms with Crippen LogP contribution in [0.1, 0.15) is 26.2 Å². The van der Waals surface area contributed by atoms with Crippen molar-refractivity contribution < 1.29 is 13.6 Å². The van der Waals surface area contributed by atoms with Crippen LogP contribution >= 0.6 is 23.2 Å². The molecule has 1 N–H and O–H groups in total. The average molecular weight is 365 g/mol. The van der Waals surface area contributed by atoms with Crippen molar-refractivity contribution in [2.45, 2.75) is 37.6 Å². The van der Waals surface area contributed by atoms with Gasteiger partial charge in [0.2, 0.25) is 11.2 Å². The quantitative estimate of drug-likeness (QED) is 0.837. The summed E-state index contributed by atoms with van der Waals surface area (Å²) in [5.74, 6) is -4.03. The molecule has 2 aliphatic rings. The van der Waals surface area contributed by atoms with Crippen LogP contribution in [-0.2, 0) is 4.79 Å². The number of hydrogen-bond acceptors (Lipinski definition) is 4. The van der Waals surface area contributed by atoms with E-state index >= 15 is 0 Å². The average Bonchev–Trinajstić information content (AvgIpc) is 3.11. The highest BCUT2D eigenvalue weighted by molar-refractivity contribution is 6.33. The number of amides is 1. The maximum Gasteiger partial charge on any atom is 0.260 e. The number of alkyl halides is 2. The molecule has 1 amide bonds. The second-order valence-corrected chi connectivity index (χ2v) is 7.11. The Morgan fingerprint density at radius 1 is 1.39 bits per heavy atom. The summed E-state index contributed by atoms with van der Waals surface area (Å²) in [5.41, 5.74) is -0.504. The van der Waals surface area contributed by atoms with Gasteiger partial charge in [0, 0.05) is 25.0 Å². The Bertz CT molecular complexity index is 635. The van der Waals surface area contributed by atoms with Crippen molar-refractivity contribution >= 4 is 34.9 Å². The number of hydrogen-bond donors (Lipinski definition) is 1. The SMILES string of the molecule is CC1(NC(=O)[C@@H]2CC2(F)F)CCN(c2nc(Cl)ncc2Cl)CC1. The van der Waals surface area contributed by atoms with Gasteiger partial charge in [0.05, 0.1) is 6.20 Å². The van der Waals surface area contributed by atoms with Gasteiger partial charge in [0.25, 0.3) is 5.92 Å². The molecule has 5 nitrogen and oxygen atoms in total. The molecule has 0 radical (unpaired) electrons. The number of anilines is 1. The molecule has 1 saturated carbocycles. The molecule has 1 saturated heterocycles. The van der Waals surface area contributed by atoms with E-state index in [-0.39, 0.29) is 11.7 Å². The maximum atomic E-state index is 13.0. The van der Waals surface area contributed by atoms with E-state index in [0.29, 0.717) is 36.8 Å². The summed E-state index contributed by atoms with van der Waals surface area (Å²) in [6.07, 6.45) is 2.30. The zero-order valence-electron chi connectivity index (χ0n) is 12.5. The van der Waals surface area contributed by atoms with Crippen molar-refractivity contribution in [3.63, 3.8) is 0 Å². The number of halogens is 4. The third-order valence-electron chi connectivity index (χ3n) is 4.43. The molecule has 1 aliphatic heterocycles. The maximum absolute atomic E-state index is 13.0. The van der Waals surface area contributed by atoms with Gasteiger partial charge in [0.15, 0.2) is 5.82 Å². The Morgan fingerprint density at radius 3 is 2.57 bits per heavy atom.